The number of carboxylic acid groups (broad SMARTS) is 1. The average Bonchev–Trinajstić information content (AvgIpc) is 2.34. The average molecular weight is 197 g/mol. The van der Waals surface area contributed by atoms with Crippen molar-refractivity contribution in [3.63, 3.8) is 0 Å². The van der Waals surface area contributed by atoms with Crippen molar-refractivity contribution < 1.29 is 9.90 Å². The maximum atomic E-state index is 10.6. The quantitative estimate of drug-likeness (QED) is 0.777. The largest absolute Gasteiger partial charge is 0.480 e. The van der Waals surface area contributed by atoms with Gasteiger partial charge in [-0.15, -0.1) is 10.2 Å². The molecule has 0 atom stereocenters. The second-order valence-corrected chi connectivity index (χ2v) is 3.74. The van der Waals surface area contributed by atoms with Gasteiger partial charge in [-0.3, -0.25) is 4.79 Å². The zero-order valence-corrected chi connectivity index (χ0v) is 8.69. The molecule has 0 saturated heterocycles. The summed E-state index contributed by atoms with van der Waals surface area (Å²) < 4.78 is 1.64. The van der Waals surface area contributed by atoms with Gasteiger partial charge in [0.1, 0.15) is 18.2 Å². The highest BCUT2D eigenvalue weighted by atomic mass is 16.4. The molecular weight excluding hydrogens is 182 g/mol. The van der Waals surface area contributed by atoms with Crippen LogP contribution in [0.1, 0.15) is 25.5 Å². The zero-order chi connectivity index (χ0) is 10.7. The smallest absolute Gasteiger partial charge is 0.323 e. The van der Waals surface area contributed by atoms with Gasteiger partial charge in [0.05, 0.1) is 0 Å². The molecule has 0 fully saturated rings. The third kappa shape index (κ3) is 2.55. The molecule has 1 rings (SSSR count). The Labute approximate surface area is 82.8 Å². The van der Waals surface area contributed by atoms with Crippen LogP contribution in [0.3, 0.4) is 0 Å². The van der Waals surface area contributed by atoms with Crippen molar-refractivity contribution in [2.24, 2.45) is 5.92 Å². The second-order valence-electron chi connectivity index (χ2n) is 3.74. The molecule has 1 N–H and O–H groups in total. The monoisotopic (exact) mass is 197 g/mol. The van der Waals surface area contributed by atoms with E-state index in [0.717, 1.165) is 12.2 Å². The molecule has 0 aliphatic rings. The molecule has 14 heavy (non-hydrogen) atoms. The first-order chi connectivity index (χ1) is 6.50. The van der Waals surface area contributed by atoms with Crippen molar-refractivity contribution in [3.05, 3.63) is 11.6 Å². The van der Waals surface area contributed by atoms with E-state index in [1.165, 1.54) is 0 Å². The van der Waals surface area contributed by atoms with Crippen LogP contribution in [0.2, 0.25) is 0 Å². The summed E-state index contributed by atoms with van der Waals surface area (Å²) in [5.74, 6) is 0.993. The van der Waals surface area contributed by atoms with Gasteiger partial charge in [-0.2, -0.15) is 0 Å². The van der Waals surface area contributed by atoms with Crippen molar-refractivity contribution in [3.8, 4) is 0 Å². The molecule has 0 amide bonds. The van der Waals surface area contributed by atoms with E-state index in [0.29, 0.717) is 11.7 Å². The van der Waals surface area contributed by atoms with E-state index in [1.807, 2.05) is 0 Å². The van der Waals surface area contributed by atoms with Gasteiger partial charge in [-0.05, 0) is 12.8 Å². The van der Waals surface area contributed by atoms with Gasteiger partial charge in [-0.1, -0.05) is 13.8 Å². The van der Waals surface area contributed by atoms with E-state index < -0.39 is 5.97 Å². The lowest BCUT2D eigenvalue weighted by Crippen LogP contribution is -2.14. The molecule has 1 heterocycles. The first-order valence-corrected chi connectivity index (χ1v) is 4.61. The van der Waals surface area contributed by atoms with E-state index in [9.17, 15) is 4.79 Å². The third-order valence-corrected chi connectivity index (χ3v) is 1.90. The van der Waals surface area contributed by atoms with Gasteiger partial charge in [0.15, 0.2) is 0 Å². The van der Waals surface area contributed by atoms with Crippen molar-refractivity contribution in [1.29, 1.82) is 0 Å². The number of hydrogen-bond donors (Lipinski definition) is 1. The van der Waals surface area contributed by atoms with Crippen LogP contribution in [0.5, 0.6) is 0 Å². The van der Waals surface area contributed by atoms with E-state index in [2.05, 4.69) is 24.0 Å². The molecule has 1 aromatic heterocycles. The first-order valence-electron chi connectivity index (χ1n) is 4.61. The number of aryl methyl sites for hydroxylation is 1. The van der Waals surface area contributed by atoms with Crippen molar-refractivity contribution >= 4 is 5.97 Å². The minimum absolute atomic E-state index is 0.0547. The molecule has 0 radical (unpaired) electrons. The van der Waals surface area contributed by atoms with Gasteiger partial charge in [0, 0.05) is 6.42 Å². The predicted molar refractivity (Wildman–Crippen MR) is 50.9 cm³/mol. The summed E-state index contributed by atoms with van der Waals surface area (Å²) in [6.45, 7) is 5.84. The number of rotatable bonds is 4. The number of carbonyl (C=O) groups is 1. The SMILES string of the molecule is Cc1nnc(CC(C)C)n1CC(=O)O. The molecule has 0 aliphatic heterocycles. The van der Waals surface area contributed by atoms with Crippen molar-refractivity contribution in [2.75, 3.05) is 0 Å². The highest BCUT2D eigenvalue weighted by Crippen LogP contribution is 2.07. The molecule has 0 aliphatic carbocycles. The van der Waals surface area contributed by atoms with Crippen LogP contribution in [0, 0.1) is 12.8 Å². The maximum absolute atomic E-state index is 10.6. The molecule has 78 valence electrons. The Morgan fingerprint density at radius 3 is 2.64 bits per heavy atom. The topological polar surface area (TPSA) is 68.0 Å². The summed E-state index contributed by atoms with van der Waals surface area (Å²) in [5.41, 5.74) is 0. The standard InChI is InChI=1S/C9H15N3O2/c1-6(2)4-8-11-10-7(3)12(8)5-9(13)14/h6H,4-5H2,1-3H3,(H,13,14). The molecule has 0 saturated carbocycles. The van der Waals surface area contributed by atoms with Gasteiger partial charge in [0.2, 0.25) is 0 Å². The van der Waals surface area contributed by atoms with Crippen LogP contribution in [-0.4, -0.2) is 25.8 Å². The fourth-order valence-corrected chi connectivity index (χ4v) is 1.28. The fraction of sp³-hybridized carbons (Fsp3) is 0.667. The Morgan fingerprint density at radius 1 is 1.50 bits per heavy atom. The van der Waals surface area contributed by atoms with Crippen LogP contribution in [-0.2, 0) is 17.8 Å². The Bertz CT molecular complexity index is 331. The molecule has 5 nitrogen and oxygen atoms in total. The Hall–Kier alpha value is -1.39. The number of hydrogen-bond acceptors (Lipinski definition) is 3. The number of carboxylic acids is 1. The van der Waals surface area contributed by atoms with Crippen LogP contribution in [0.25, 0.3) is 0 Å². The maximum Gasteiger partial charge on any atom is 0.323 e. The third-order valence-electron chi connectivity index (χ3n) is 1.90. The summed E-state index contributed by atoms with van der Waals surface area (Å²) in [4.78, 5) is 10.6. The minimum atomic E-state index is -0.863. The van der Waals surface area contributed by atoms with Gasteiger partial charge < -0.3 is 9.67 Å². The van der Waals surface area contributed by atoms with E-state index >= 15 is 0 Å². The molecule has 0 spiro atoms. The summed E-state index contributed by atoms with van der Waals surface area (Å²) in [6.07, 6.45) is 0.758. The number of nitrogens with zero attached hydrogens (tertiary/aromatic N) is 3. The molecule has 0 aromatic carbocycles. The van der Waals surface area contributed by atoms with Gasteiger partial charge in [-0.25, -0.2) is 0 Å². The molecule has 0 bridgehead atoms. The zero-order valence-electron chi connectivity index (χ0n) is 8.69. The highest BCUT2D eigenvalue weighted by Gasteiger charge is 2.12. The summed E-state index contributed by atoms with van der Waals surface area (Å²) >= 11 is 0. The fourth-order valence-electron chi connectivity index (χ4n) is 1.28. The van der Waals surface area contributed by atoms with Crippen molar-refractivity contribution in [1.82, 2.24) is 14.8 Å². The highest BCUT2D eigenvalue weighted by molar-refractivity contribution is 5.66. The summed E-state index contributed by atoms with van der Waals surface area (Å²) in [5, 5.41) is 16.5. The van der Waals surface area contributed by atoms with Crippen LogP contribution in [0.4, 0.5) is 0 Å². The summed E-state index contributed by atoms with van der Waals surface area (Å²) in [6, 6.07) is 0. The predicted octanol–water partition coefficient (Wildman–Crippen LogP) is 0.870. The summed E-state index contributed by atoms with van der Waals surface area (Å²) in [7, 11) is 0. The Balaban J connectivity index is 2.88. The lowest BCUT2D eigenvalue weighted by Gasteiger charge is -2.06. The lowest BCUT2D eigenvalue weighted by molar-refractivity contribution is -0.137. The molecule has 1 aromatic rings. The molecule has 0 unspecified atom stereocenters. The van der Waals surface area contributed by atoms with Crippen molar-refractivity contribution in [2.45, 2.75) is 33.7 Å². The van der Waals surface area contributed by atoms with Crippen LogP contribution in [0.15, 0.2) is 0 Å². The Morgan fingerprint density at radius 2 is 2.14 bits per heavy atom. The van der Waals surface area contributed by atoms with Crippen LogP contribution < -0.4 is 0 Å². The lowest BCUT2D eigenvalue weighted by atomic mass is 10.1. The van der Waals surface area contributed by atoms with Gasteiger partial charge >= 0.3 is 5.97 Å². The van der Waals surface area contributed by atoms with Gasteiger partial charge in [0.25, 0.3) is 0 Å². The van der Waals surface area contributed by atoms with E-state index in [4.69, 9.17) is 5.11 Å². The normalized spacial score (nSPS) is 10.9. The number of aromatic nitrogens is 3. The minimum Gasteiger partial charge on any atom is -0.480 e. The van der Waals surface area contributed by atoms with E-state index in [1.54, 1.807) is 11.5 Å². The first kappa shape index (κ1) is 10.7. The second kappa shape index (κ2) is 4.21. The molecule has 5 heteroatoms. The van der Waals surface area contributed by atoms with Crippen LogP contribution >= 0.6 is 0 Å². The number of aliphatic carboxylic acids is 1. The Kier molecular flexibility index (Phi) is 3.22. The molecular formula is C9H15N3O2. The van der Waals surface area contributed by atoms with E-state index in [-0.39, 0.29) is 6.54 Å².